The van der Waals surface area contributed by atoms with E-state index < -0.39 is 0 Å². The van der Waals surface area contributed by atoms with E-state index >= 15 is 0 Å². The summed E-state index contributed by atoms with van der Waals surface area (Å²) in [6.07, 6.45) is 20.8. The second kappa shape index (κ2) is 10.1. The Labute approximate surface area is 266 Å². The minimum atomic E-state index is -0.0691. The van der Waals surface area contributed by atoms with Gasteiger partial charge in [-0.25, -0.2) is 0 Å². The number of benzene rings is 4. The molecule has 3 unspecified atom stereocenters. The number of allylic oxidation sites excluding steroid dienone is 7. The molecule has 0 aromatic heterocycles. The van der Waals surface area contributed by atoms with E-state index in [1.54, 1.807) is 0 Å². The highest BCUT2D eigenvalue weighted by atomic mass is 15.0. The van der Waals surface area contributed by atoms with Gasteiger partial charge in [0.05, 0.1) is 6.04 Å². The summed E-state index contributed by atoms with van der Waals surface area (Å²) in [7, 11) is 0. The molecule has 9 rings (SSSR count). The lowest BCUT2D eigenvalue weighted by molar-refractivity contribution is 0.513. The van der Waals surface area contributed by atoms with Crippen LogP contribution < -0.4 is 10.6 Å². The quantitative estimate of drug-likeness (QED) is 0.235. The molecule has 0 spiro atoms. The van der Waals surface area contributed by atoms with E-state index in [4.69, 9.17) is 0 Å². The third-order valence-corrected chi connectivity index (χ3v) is 10.8. The summed E-state index contributed by atoms with van der Waals surface area (Å²) < 4.78 is 0. The first-order valence-corrected chi connectivity index (χ1v) is 16.5. The first-order chi connectivity index (χ1) is 22.1. The standard InChI is InChI=1S/C43H38N2/c1-43(2)36-25-32(20-22-35(36)40-37(43)26-33-11-6-7-13-34(33)39(40)29-9-4-3-5-10-29)27-14-16-28(17-15-27)38-23-21-31-19-18-30-12-8-24-44-41(30)42(31)45-38/h3-14,16,18-23,25-28,42,44-45H,15,17,24H2,1-2H3. The first kappa shape index (κ1) is 26.6. The Morgan fingerprint density at radius 3 is 2.42 bits per heavy atom. The molecule has 2 heteroatoms. The van der Waals surface area contributed by atoms with E-state index in [-0.39, 0.29) is 11.5 Å². The highest BCUT2D eigenvalue weighted by molar-refractivity contribution is 6.08. The van der Waals surface area contributed by atoms with Crippen molar-refractivity contribution in [1.29, 1.82) is 0 Å². The molecule has 3 atom stereocenters. The lowest BCUT2D eigenvalue weighted by atomic mass is 9.78. The van der Waals surface area contributed by atoms with E-state index in [2.05, 4.69) is 152 Å². The second-order valence-corrected chi connectivity index (χ2v) is 13.7. The maximum atomic E-state index is 3.90. The van der Waals surface area contributed by atoms with Crippen molar-refractivity contribution in [2.45, 2.75) is 44.1 Å². The number of dihydropyridines is 2. The normalized spacial score (nSPS) is 23.7. The number of hydrogen-bond acceptors (Lipinski definition) is 2. The maximum absolute atomic E-state index is 3.90. The molecule has 0 radical (unpaired) electrons. The third-order valence-electron chi connectivity index (χ3n) is 10.8. The minimum Gasteiger partial charge on any atom is -0.382 e. The Morgan fingerprint density at radius 2 is 1.56 bits per heavy atom. The molecule has 0 saturated heterocycles. The van der Waals surface area contributed by atoms with E-state index in [1.807, 2.05) is 0 Å². The molecule has 4 aromatic carbocycles. The van der Waals surface area contributed by atoms with Gasteiger partial charge in [-0.1, -0.05) is 129 Å². The molecule has 220 valence electrons. The molecule has 2 heterocycles. The SMILES string of the molecule is CC1(C)c2cc(C3C=CC(C4=CC=C5C=CC6=C(NCC=C6)C5N4)CC3)ccc2-c2c1cc1ccccc1c2-c1ccccc1. The van der Waals surface area contributed by atoms with Crippen LogP contribution in [0.5, 0.6) is 0 Å². The third kappa shape index (κ3) is 4.15. The largest absolute Gasteiger partial charge is 0.382 e. The molecule has 2 N–H and O–H groups in total. The summed E-state index contributed by atoms with van der Waals surface area (Å²) in [5, 5.41) is 10.2. The van der Waals surface area contributed by atoms with Crippen LogP contribution in [0.1, 0.15) is 49.3 Å². The van der Waals surface area contributed by atoms with Crippen LogP contribution in [0.25, 0.3) is 33.0 Å². The molecule has 45 heavy (non-hydrogen) atoms. The second-order valence-electron chi connectivity index (χ2n) is 13.7. The van der Waals surface area contributed by atoms with Crippen LogP contribution in [0.15, 0.2) is 150 Å². The summed E-state index contributed by atoms with van der Waals surface area (Å²) in [5.41, 5.74) is 15.0. The number of nitrogens with one attached hydrogen (secondary N) is 2. The van der Waals surface area contributed by atoms with Crippen molar-refractivity contribution in [3.63, 3.8) is 0 Å². The zero-order valence-electron chi connectivity index (χ0n) is 26.0. The summed E-state index contributed by atoms with van der Waals surface area (Å²) >= 11 is 0. The van der Waals surface area contributed by atoms with E-state index in [1.165, 1.54) is 72.3 Å². The van der Waals surface area contributed by atoms with Crippen molar-refractivity contribution in [1.82, 2.24) is 10.6 Å². The summed E-state index contributed by atoms with van der Waals surface area (Å²) in [5.74, 6) is 0.857. The monoisotopic (exact) mass is 582 g/mol. The van der Waals surface area contributed by atoms with Gasteiger partial charge in [0, 0.05) is 35.2 Å². The van der Waals surface area contributed by atoms with Crippen LogP contribution in [-0.2, 0) is 5.41 Å². The van der Waals surface area contributed by atoms with E-state index in [0.29, 0.717) is 11.8 Å². The molecular formula is C43H38N2. The zero-order valence-corrected chi connectivity index (χ0v) is 26.0. The fourth-order valence-corrected chi connectivity index (χ4v) is 8.40. The Bertz CT molecular complexity index is 2060. The number of hydrogen-bond donors (Lipinski definition) is 2. The van der Waals surface area contributed by atoms with Gasteiger partial charge >= 0.3 is 0 Å². The molecule has 5 aliphatic rings. The van der Waals surface area contributed by atoms with Gasteiger partial charge in [0.1, 0.15) is 0 Å². The van der Waals surface area contributed by atoms with Crippen molar-refractivity contribution < 1.29 is 0 Å². The Hall–Kier alpha value is -4.82. The average molecular weight is 583 g/mol. The molecule has 2 nitrogen and oxygen atoms in total. The molecule has 0 fully saturated rings. The van der Waals surface area contributed by atoms with Crippen molar-refractivity contribution in [2.24, 2.45) is 5.92 Å². The van der Waals surface area contributed by atoms with Gasteiger partial charge in [0.25, 0.3) is 0 Å². The highest BCUT2D eigenvalue weighted by Crippen LogP contribution is 2.55. The Balaban J connectivity index is 1.04. The molecular weight excluding hydrogens is 544 g/mol. The van der Waals surface area contributed by atoms with Gasteiger partial charge in [0.15, 0.2) is 0 Å². The van der Waals surface area contributed by atoms with E-state index in [9.17, 15) is 0 Å². The zero-order chi connectivity index (χ0) is 30.1. The summed E-state index contributed by atoms with van der Waals surface area (Å²) in [6, 6.07) is 29.9. The van der Waals surface area contributed by atoms with Crippen LogP contribution in [0.4, 0.5) is 0 Å². The summed E-state index contributed by atoms with van der Waals surface area (Å²) in [6.45, 7) is 5.73. The predicted octanol–water partition coefficient (Wildman–Crippen LogP) is 9.63. The molecule has 0 saturated carbocycles. The highest BCUT2D eigenvalue weighted by Gasteiger charge is 2.38. The molecule has 3 aliphatic carbocycles. The molecule has 0 amide bonds. The van der Waals surface area contributed by atoms with Crippen molar-refractivity contribution in [3.8, 4) is 22.3 Å². The fraction of sp³-hybridized carbons (Fsp3) is 0.209. The Morgan fingerprint density at radius 1 is 0.733 bits per heavy atom. The lowest BCUT2D eigenvalue weighted by Gasteiger charge is -2.36. The van der Waals surface area contributed by atoms with E-state index in [0.717, 1.165) is 19.4 Å². The van der Waals surface area contributed by atoms with Gasteiger partial charge in [-0.05, 0) is 85.8 Å². The molecule has 4 aromatic rings. The fourth-order valence-electron chi connectivity index (χ4n) is 8.40. The number of fused-ring (bicyclic) bond motifs is 6. The molecule has 2 aliphatic heterocycles. The maximum Gasteiger partial charge on any atom is 0.0918 e. The van der Waals surface area contributed by atoms with Crippen molar-refractivity contribution in [3.05, 3.63) is 167 Å². The first-order valence-electron chi connectivity index (χ1n) is 16.5. The Kier molecular flexibility index (Phi) is 5.97. The van der Waals surface area contributed by atoms with Gasteiger partial charge in [0.2, 0.25) is 0 Å². The predicted molar refractivity (Wildman–Crippen MR) is 188 cm³/mol. The van der Waals surface area contributed by atoms with Gasteiger partial charge in [-0.15, -0.1) is 0 Å². The number of rotatable bonds is 3. The summed E-state index contributed by atoms with van der Waals surface area (Å²) in [4.78, 5) is 0. The molecule has 0 bridgehead atoms. The van der Waals surface area contributed by atoms with Crippen LogP contribution in [0, 0.1) is 5.92 Å². The van der Waals surface area contributed by atoms with Crippen LogP contribution in [0.2, 0.25) is 0 Å². The smallest absolute Gasteiger partial charge is 0.0918 e. The van der Waals surface area contributed by atoms with Gasteiger partial charge < -0.3 is 10.6 Å². The lowest BCUT2D eigenvalue weighted by Crippen LogP contribution is -2.43. The van der Waals surface area contributed by atoms with Gasteiger partial charge in [-0.2, -0.15) is 0 Å². The van der Waals surface area contributed by atoms with Crippen LogP contribution >= 0.6 is 0 Å². The van der Waals surface area contributed by atoms with Gasteiger partial charge in [-0.3, -0.25) is 0 Å². The van der Waals surface area contributed by atoms with Crippen molar-refractivity contribution >= 4 is 10.8 Å². The minimum absolute atomic E-state index is 0.0691. The van der Waals surface area contributed by atoms with Crippen LogP contribution in [0.3, 0.4) is 0 Å². The average Bonchev–Trinajstić information content (AvgIpc) is 3.32. The van der Waals surface area contributed by atoms with Crippen molar-refractivity contribution in [2.75, 3.05) is 6.54 Å². The van der Waals surface area contributed by atoms with Crippen LogP contribution in [-0.4, -0.2) is 12.6 Å². The topological polar surface area (TPSA) is 24.1 Å².